The molecule has 0 radical (unpaired) electrons. The summed E-state index contributed by atoms with van der Waals surface area (Å²) in [6.07, 6.45) is 4.16. The van der Waals surface area contributed by atoms with Crippen LogP contribution in [0.5, 0.6) is 0 Å². The van der Waals surface area contributed by atoms with E-state index in [2.05, 4.69) is 74.3 Å². The highest BCUT2D eigenvalue weighted by atomic mass is 28.3. The molecule has 1 heteroatoms. The third kappa shape index (κ3) is 3.05. The molecule has 0 heterocycles. The Bertz CT molecular complexity index is 541. The molecule has 2 rings (SSSR count). The van der Waals surface area contributed by atoms with Gasteiger partial charge in [-0.2, -0.15) is 0 Å². The molecular formula is C18H22Si. The highest BCUT2D eigenvalue weighted by Crippen LogP contribution is 2.10. The summed E-state index contributed by atoms with van der Waals surface area (Å²) >= 11 is 0. The second-order valence-electron chi connectivity index (χ2n) is 5.48. The summed E-state index contributed by atoms with van der Waals surface area (Å²) in [6, 6.07) is 19.9. The van der Waals surface area contributed by atoms with E-state index in [4.69, 9.17) is 0 Å². The Hall–Kier alpha value is -1.60. The first kappa shape index (κ1) is 13.8. The van der Waals surface area contributed by atoms with Crippen LogP contribution in [0.15, 0.2) is 67.3 Å². The van der Waals surface area contributed by atoms with Gasteiger partial charge in [0.05, 0.1) is 0 Å². The van der Waals surface area contributed by atoms with Crippen LogP contribution < -0.4 is 10.4 Å². The van der Waals surface area contributed by atoms with Gasteiger partial charge in [0.1, 0.15) is 8.07 Å². The first-order valence-corrected chi connectivity index (χ1v) is 9.91. The highest BCUT2D eigenvalue weighted by Gasteiger charge is 2.27. The molecule has 0 saturated carbocycles. The molecule has 0 fully saturated rings. The number of allylic oxidation sites excluding steroid dienone is 1. The zero-order chi connectivity index (χ0) is 13.7. The Morgan fingerprint density at radius 3 is 2.26 bits per heavy atom. The van der Waals surface area contributed by atoms with Gasteiger partial charge >= 0.3 is 0 Å². The smallest absolute Gasteiger partial charge is 0.103 e. The predicted octanol–water partition coefficient (Wildman–Crippen LogP) is 3.63. The molecule has 0 nitrogen and oxygen atoms in total. The van der Waals surface area contributed by atoms with Crippen molar-refractivity contribution >= 4 is 18.4 Å². The maximum atomic E-state index is 3.84. The quantitative estimate of drug-likeness (QED) is 0.573. The minimum atomic E-state index is -1.58. The lowest BCUT2D eigenvalue weighted by Crippen LogP contribution is -2.54. The van der Waals surface area contributed by atoms with Gasteiger partial charge in [0.2, 0.25) is 0 Å². The zero-order valence-corrected chi connectivity index (χ0v) is 12.9. The van der Waals surface area contributed by atoms with Crippen LogP contribution in [0.1, 0.15) is 12.0 Å². The molecule has 0 N–H and O–H groups in total. The lowest BCUT2D eigenvalue weighted by Gasteiger charge is -2.26. The molecule has 2 aromatic carbocycles. The molecule has 0 bridgehead atoms. The molecular weight excluding hydrogens is 244 g/mol. The third-order valence-electron chi connectivity index (χ3n) is 3.80. The van der Waals surface area contributed by atoms with E-state index in [9.17, 15) is 0 Å². The third-order valence-corrected chi connectivity index (χ3v) is 7.42. The Labute approximate surface area is 117 Å². The topological polar surface area (TPSA) is 0 Å². The molecule has 0 atom stereocenters. The van der Waals surface area contributed by atoms with E-state index in [1.165, 1.54) is 10.8 Å². The average Bonchev–Trinajstić information content (AvgIpc) is 2.46. The normalized spacial score (nSPS) is 11.3. The Morgan fingerprint density at radius 1 is 0.947 bits per heavy atom. The number of hydrogen-bond donors (Lipinski definition) is 0. The van der Waals surface area contributed by atoms with Crippen molar-refractivity contribution in [3.8, 4) is 0 Å². The van der Waals surface area contributed by atoms with E-state index < -0.39 is 8.07 Å². The van der Waals surface area contributed by atoms with Crippen molar-refractivity contribution in [2.45, 2.75) is 25.9 Å². The van der Waals surface area contributed by atoms with Crippen LogP contribution in [-0.2, 0) is 6.42 Å². The standard InChI is InChI=1S/C18H22Si/c1-4-5-11-16-12-9-10-15-18(16)19(2,3)17-13-7-6-8-14-17/h4,6-10,12-15H,1,5,11H2,2-3H3. The molecule has 98 valence electrons. The van der Waals surface area contributed by atoms with E-state index in [1.54, 1.807) is 5.19 Å². The van der Waals surface area contributed by atoms with Crippen molar-refractivity contribution in [2.75, 3.05) is 0 Å². The van der Waals surface area contributed by atoms with Gasteiger partial charge in [-0.25, -0.2) is 0 Å². The first-order valence-electron chi connectivity index (χ1n) is 6.91. The molecule has 0 spiro atoms. The molecule has 0 aliphatic carbocycles. The summed E-state index contributed by atoms with van der Waals surface area (Å²) in [6.45, 7) is 8.72. The van der Waals surface area contributed by atoms with Gasteiger partial charge in [-0.15, -0.1) is 6.58 Å². The van der Waals surface area contributed by atoms with Crippen LogP contribution in [0, 0.1) is 0 Å². The van der Waals surface area contributed by atoms with Crippen LogP contribution in [0.4, 0.5) is 0 Å². The fourth-order valence-electron chi connectivity index (χ4n) is 2.62. The predicted molar refractivity (Wildman–Crippen MR) is 88.2 cm³/mol. The van der Waals surface area contributed by atoms with E-state index in [0.717, 1.165) is 12.8 Å². The fourth-order valence-corrected chi connectivity index (χ4v) is 5.48. The summed E-state index contributed by atoms with van der Waals surface area (Å²) in [5.41, 5.74) is 1.49. The van der Waals surface area contributed by atoms with Crippen molar-refractivity contribution in [2.24, 2.45) is 0 Å². The zero-order valence-electron chi connectivity index (χ0n) is 11.9. The number of rotatable bonds is 5. The van der Waals surface area contributed by atoms with Crippen molar-refractivity contribution in [1.82, 2.24) is 0 Å². The van der Waals surface area contributed by atoms with Crippen molar-refractivity contribution in [3.05, 3.63) is 72.8 Å². The summed E-state index contributed by atoms with van der Waals surface area (Å²) in [5, 5.41) is 3.06. The SMILES string of the molecule is C=CCCc1ccccc1[Si](C)(C)c1ccccc1. The van der Waals surface area contributed by atoms with Crippen molar-refractivity contribution in [1.29, 1.82) is 0 Å². The minimum absolute atomic E-state index is 1.05. The molecule has 2 aromatic rings. The second-order valence-corrected chi connectivity index (χ2v) is 9.84. The molecule has 0 unspecified atom stereocenters. The molecule has 0 saturated heterocycles. The second kappa shape index (κ2) is 6.03. The van der Waals surface area contributed by atoms with Crippen LogP contribution in [0.3, 0.4) is 0 Å². The number of aryl methyl sites for hydroxylation is 1. The van der Waals surface area contributed by atoms with Gasteiger partial charge in [-0.05, 0) is 18.4 Å². The van der Waals surface area contributed by atoms with Crippen LogP contribution >= 0.6 is 0 Å². The Kier molecular flexibility index (Phi) is 4.38. The first-order chi connectivity index (χ1) is 9.16. The maximum Gasteiger partial charge on any atom is 0.112 e. The van der Waals surface area contributed by atoms with Gasteiger partial charge < -0.3 is 0 Å². The fraction of sp³-hybridized carbons (Fsp3) is 0.222. The maximum absolute atomic E-state index is 3.84. The van der Waals surface area contributed by atoms with Crippen molar-refractivity contribution < 1.29 is 0 Å². The monoisotopic (exact) mass is 266 g/mol. The average molecular weight is 266 g/mol. The largest absolute Gasteiger partial charge is 0.112 e. The lowest BCUT2D eigenvalue weighted by atomic mass is 10.1. The number of hydrogen-bond acceptors (Lipinski definition) is 0. The highest BCUT2D eigenvalue weighted by molar-refractivity contribution is 7.00. The molecule has 0 aliphatic rings. The van der Waals surface area contributed by atoms with E-state index >= 15 is 0 Å². The van der Waals surface area contributed by atoms with Crippen LogP contribution in [-0.4, -0.2) is 8.07 Å². The summed E-state index contributed by atoms with van der Waals surface area (Å²) in [4.78, 5) is 0. The van der Waals surface area contributed by atoms with Crippen LogP contribution in [0.2, 0.25) is 13.1 Å². The minimum Gasteiger partial charge on any atom is -0.103 e. The van der Waals surface area contributed by atoms with E-state index in [-0.39, 0.29) is 0 Å². The van der Waals surface area contributed by atoms with Crippen molar-refractivity contribution in [3.63, 3.8) is 0 Å². The van der Waals surface area contributed by atoms with E-state index in [1.807, 2.05) is 6.08 Å². The molecule has 19 heavy (non-hydrogen) atoms. The molecule has 0 aliphatic heterocycles. The van der Waals surface area contributed by atoms with E-state index in [0.29, 0.717) is 0 Å². The number of benzene rings is 2. The van der Waals surface area contributed by atoms with Crippen LogP contribution in [0.25, 0.3) is 0 Å². The van der Waals surface area contributed by atoms with Gasteiger partial charge in [0.25, 0.3) is 0 Å². The lowest BCUT2D eigenvalue weighted by molar-refractivity contribution is 1.01. The van der Waals surface area contributed by atoms with Gasteiger partial charge in [-0.3, -0.25) is 0 Å². The summed E-state index contributed by atoms with van der Waals surface area (Å²) < 4.78 is 0. The Balaban J connectivity index is 2.42. The molecule has 0 amide bonds. The molecule has 0 aromatic heterocycles. The summed E-state index contributed by atoms with van der Waals surface area (Å²) in [5.74, 6) is 0. The summed E-state index contributed by atoms with van der Waals surface area (Å²) in [7, 11) is -1.58. The van der Waals surface area contributed by atoms with Gasteiger partial charge in [0.15, 0.2) is 0 Å². The van der Waals surface area contributed by atoms with Gasteiger partial charge in [-0.1, -0.05) is 84.1 Å². The Morgan fingerprint density at radius 2 is 1.58 bits per heavy atom. The van der Waals surface area contributed by atoms with Gasteiger partial charge in [0, 0.05) is 0 Å².